The quantitative estimate of drug-likeness (QED) is 0.848. The number of nitrogens with zero attached hydrogens (tertiary/aromatic N) is 2. The molecule has 0 radical (unpaired) electrons. The first-order chi connectivity index (χ1) is 12.9. The SMILES string of the molecule is CCOCC(=O)N1CCC[C@@]2(CN(Cc3c(F)cccc3F)CC[C@H]2O)C1. The number of hydrogen-bond donors (Lipinski definition) is 1. The van der Waals surface area contributed by atoms with Gasteiger partial charge in [-0.1, -0.05) is 6.07 Å². The molecular formula is C20H28F2N2O3. The predicted molar refractivity (Wildman–Crippen MR) is 97.0 cm³/mol. The van der Waals surface area contributed by atoms with E-state index in [1.165, 1.54) is 18.2 Å². The van der Waals surface area contributed by atoms with Crippen molar-refractivity contribution < 1.29 is 23.4 Å². The molecule has 2 atom stereocenters. The summed E-state index contributed by atoms with van der Waals surface area (Å²) in [7, 11) is 0. The van der Waals surface area contributed by atoms with Crippen LogP contribution in [0.1, 0.15) is 31.7 Å². The van der Waals surface area contributed by atoms with Gasteiger partial charge in [-0.2, -0.15) is 0 Å². The Kier molecular flexibility index (Phi) is 6.44. The molecule has 0 aromatic heterocycles. The third-order valence-electron chi connectivity index (χ3n) is 5.80. The first-order valence-corrected chi connectivity index (χ1v) is 9.64. The molecule has 3 rings (SSSR count). The van der Waals surface area contributed by atoms with E-state index in [-0.39, 0.29) is 24.6 Å². The van der Waals surface area contributed by atoms with E-state index in [4.69, 9.17) is 4.74 Å². The van der Waals surface area contributed by atoms with Gasteiger partial charge in [-0.15, -0.1) is 0 Å². The minimum Gasteiger partial charge on any atom is -0.392 e. The number of aliphatic hydroxyl groups is 1. The smallest absolute Gasteiger partial charge is 0.248 e. The van der Waals surface area contributed by atoms with Crippen LogP contribution < -0.4 is 0 Å². The Morgan fingerprint density at radius 2 is 2.04 bits per heavy atom. The second-order valence-corrected chi connectivity index (χ2v) is 7.63. The van der Waals surface area contributed by atoms with Crippen molar-refractivity contribution in [1.82, 2.24) is 9.80 Å². The van der Waals surface area contributed by atoms with Gasteiger partial charge in [-0.05, 0) is 38.3 Å². The van der Waals surface area contributed by atoms with Gasteiger partial charge in [0, 0.05) is 50.3 Å². The zero-order chi connectivity index (χ0) is 19.4. The van der Waals surface area contributed by atoms with E-state index >= 15 is 0 Å². The molecular weight excluding hydrogens is 354 g/mol. The van der Waals surface area contributed by atoms with Crippen LogP contribution in [0.2, 0.25) is 0 Å². The molecule has 2 fully saturated rings. The molecule has 2 saturated heterocycles. The minimum atomic E-state index is -0.549. The maximum Gasteiger partial charge on any atom is 0.248 e. The number of hydrogen-bond acceptors (Lipinski definition) is 4. The molecule has 150 valence electrons. The average Bonchev–Trinajstić information content (AvgIpc) is 2.66. The van der Waals surface area contributed by atoms with Crippen molar-refractivity contribution in [2.24, 2.45) is 5.41 Å². The molecule has 0 bridgehead atoms. The standard InChI is InChI=1S/C20H28F2N2O3/c1-2-27-12-19(26)24-9-4-8-20(14-24)13-23(10-7-18(20)25)11-15-16(21)5-3-6-17(15)22/h3,5-6,18,25H,2,4,7-14H2,1H3/t18-,20-/m1/s1. The fraction of sp³-hybridized carbons (Fsp3) is 0.650. The van der Waals surface area contributed by atoms with E-state index < -0.39 is 23.2 Å². The largest absolute Gasteiger partial charge is 0.392 e. The lowest BCUT2D eigenvalue weighted by atomic mass is 9.71. The van der Waals surface area contributed by atoms with Crippen molar-refractivity contribution >= 4 is 5.91 Å². The number of rotatable bonds is 5. The van der Waals surface area contributed by atoms with Crippen molar-refractivity contribution in [3.05, 3.63) is 35.4 Å². The molecule has 1 aromatic carbocycles. The van der Waals surface area contributed by atoms with E-state index in [1.54, 1.807) is 4.90 Å². The van der Waals surface area contributed by atoms with Crippen molar-refractivity contribution in [2.75, 3.05) is 39.4 Å². The third-order valence-corrected chi connectivity index (χ3v) is 5.80. The first kappa shape index (κ1) is 20.2. The molecule has 2 heterocycles. The van der Waals surface area contributed by atoms with Crippen LogP contribution in [-0.4, -0.2) is 66.3 Å². The number of amides is 1. The van der Waals surface area contributed by atoms with Gasteiger partial charge in [0.2, 0.25) is 5.91 Å². The van der Waals surface area contributed by atoms with Crippen LogP contribution in [-0.2, 0) is 16.1 Å². The third kappa shape index (κ3) is 4.47. The highest BCUT2D eigenvalue weighted by Gasteiger charge is 2.46. The Morgan fingerprint density at radius 1 is 1.30 bits per heavy atom. The summed E-state index contributed by atoms with van der Waals surface area (Å²) in [4.78, 5) is 16.1. The molecule has 1 N–H and O–H groups in total. The van der Waals surface area contributed by atoms with Crippen LogP contribution in [0.25, 0.3) is 0 Å². The Balaban J connectivity index is 1.71. The Morgan fingerprint density at radius 3 is 2.74 bits per heavy atom. The number of carbonyl (C=O) groups is 1. The van der Waals surface area contributed by atoms with Gasteiger partial charge in [-0.3, -0.25) is 9.69 Å². The van der Waals surface area contributed by atoms with Crippen LogP contribution >= 0.6 is 0 Å². The van der Waals surface area contributed by atoms with E-state index in [1.807, 2.05) is 11.8 Å². The molecule has 1 aromatic rings. The zero-order valence-corrected chi connectivity index (χ0v) is 15.8. The predicted octanol–water partition coefficient (Wildman–Crippen LogP) is 2.18. The van der Waals surface area contributed by atoms with E-state index in [9.17, 15) is 18.7 Å². The highest BCUT2D eigenvalue weighted by atomic mass is 19.1. The van der Waals surface area contributed by atoms with Crippen molar-refractivity contribution in [1.29, 1.82) is 0 Å². The average molecular weight is 382 g/mol. The van der Waals surface area contributed by atoms with Crippen LogP contribution in [0.5, 0.6) is 0 Å². The van der Waals surface area contributed by atoms with Crippen LogP contribution in [0.15, 0.2) is 18.2 Å². The fourth-order valence-electron chi connectivity index (χ4n) is 4.34. The second-order valence-electron chi connectivity index (χ2n) is 7.63. The number of piperidine rings is 2. The molecule has 2 aliphatic heterocycles. The zero-order valence-electron chi connectivity index (χ0n) is 15.8. The number of ether oxygens (including phenoxy) is 1. The Hall–Kier alpha value is -1.57. The molecule has 0 aliphatic carbocycles. The molecule has 27 heavy (non-hydrogen) atoms. The van der Waals surface area contributed by atoms with Crippen molar-refractivity contribution in [3.63, 3.8) is 0 Å². The maximum absolute atomic E-state index is 14.0. The van der Waals surface area contributed by atoms with E-state index in [2.05, 4.69) is 0 Å². The van der Waals surface area contributed by atoms with Crippen molar-refractivity contribution in [2.45, 2.75) is 38.8 Å². The summed E-state index contributed by atoms with van der Waals surface area (Å²) in [6.07, 6.45) is 1.60. The Labute approximate surface area is 158 Å². The Bertz CT molecular complexity index is 652. The lowest BCUT2D eigenvalue weighted by Crippen LogP contribution is -2.60. The number of benzene rings is 1. The van der Waals surface area contributed by atoms with Gasteiger partial charge in [0.25, 0.3) is 0 Å². The van der Waals surface area contributed by atoms with Crippen LogP contribution in [0, 0.1) is 17.0 Å². The van der Waals surface area contributed by atoms with Crippen LogP contribution in [0.4, 0.5) is 8.78 Å². The van der Waals surface area contributed by atoms with Gasteiger partial charge >= 0.3 is 0 Å². The number of carbonyl (C=O) groups excluding carboxylic acids is 1. The maximum atomic E-state index is 14.0. The first-order valence-electron chi connectivity index (χ1n) is 9.64. The summed E-state index contributed by atoms with van der Waals surface area (Å²) < 4.78 is 33.3. The number of likely N-dealkylation sites (tertiary alicyclic amines) is 2. The minimum absolute atomic E-state index is 0.0484. The molecule has 0 unspecified atom stereocenters. The van der Waals surface area contributed by atoms with Gasteiger partial charge < -0.3 is 14.7 Å². The highest BCUT2D eigenvalue weighted by molar-refractivity contribution is 5.77. The lowest BCUT2D eigenvalue weighted by molar-refractivity contribution is -0.146. The normalized spacial score (nSPS) is 26.5. The molecule has 7 heteroatoms. The van der Waals surface area contributed by atoms with Crippen molar-refractivity contribution in [3.8, 4) is 0 Å². The van der Waals surface area contributed by atoms with Gasteiger partial charge in [-0.25, -0.2) is 8.78 Å². The summed E-state index contributed by atoms with van der Waals surface area (Å²) in [6, 6.07) is 3.89. The van der Waals surface area contributed by atoms with Gasteiger partial charge in [0.15, 0.2) is 0 Å². The summed E-state index contributed by atoms with van der Waals surface area (Å²) in [5, 5.41) is 10.7. The molecule has 2 aliphatic rings. The number of aliphatic hydroxyl groups excluding tert-OH is 1. The second kappa shape index (κ2) is 8.63. The van der Waals surface area contributed by atoms with Gasteiger partial charge in [0.1, 0.15) is 18.2 Å². The summed E-state index contributed by atoms with van der Waals surface area (Å²) in [6.45, 7) is 4.74. The topological polar surface area (TPSA) is 53.0 Å². The molecule has 1 spiro atoms. The van der Waals surface area contributed by atoms with Crippen LogP contribution in [0.3, 0.4) is 0 Å². The number of halogens is 2. The lowest BCUT2D eigenvalue weighted by Gasteiger charge is -2.51. The fourth-order valence-corrected chi connectivity index (χ4v) is 4.34. The van der Waals surface area contributed by atoms with E-state index in [0.29, 0.717) is 39.2 Å². The molecule has 0 saturated carbocycles. The summed E-state index contributed by atoms with van der Waals surface area (Å²) in [5.74, 6) is -1.17. The monoisotopic (exact) mass is 382 g/mol. The molecule has 5 nitrogen and oxygen atoms in total. The highest BCUT2D eigenvalue weighted by Crippen LogP contribution is 2.39. The van der Waals surface area contributed by atoms with Gasteiger partial charge in [0.05, 0.1) is 6.10 Å². The summed E-state index contributed by atoms with van der Waals surface area (Å²) >= 11 is 0. The summed E-state index contributed by atoms with van der Waals surface area (Å²) in [5.41, 5.74) is -0.399. The molecule has 1 amide bonds. The van der Waals surface area contributed by atoms with E-state index in [0.717, 1.165) is 12.8 Å².